The maximum atomic E-state index is 12.6. The molecule has 0 amide bonds. The van der Waals surface area contributed by atoms with Crippen molar-refractivity contribution in [2.24, 2.45) is 0 Å². The number of nitrogens with zero attached hydrogens (tertiary/aromatic N) is 2. The van der Waals surface area contributed by atoms with E-state index in [9.17, 15) is 26.9 Å². The van der Waals surface area contributed by atoms with Gasteiger partial charge in [0.1, 0.15) is 5.69 Å². The zero-order chi connectivity index (χ0) is 21.1. The molecule has 0 saturated heterocycles. The lowest BCUT2D eigenvalue weighted by molar-refractivity contribution is -0.384. The highest BCUT2D eigenvalue weighted by atomic mass is 32.2. The Morgan fingerprint density at radius 1 is 0.964 bits per heavy atom. The minimum atomic E-state index is -4.07. The monoisotopic (exact) mass is 427 g/mol. The number of nitro groups is 1. The van der Waals surface area contributed by atoms with Crippen LogP contribution < -0.4 is 4.72 Å². The van der Waals surface area contributed by atoms with E-state index in [0.717, 1.165) is 28.1 Å². The van der Waals surface area contributed by atoms with Gasteiger partial charge in [-0.2, -0.15) is 4.31 Å². The average Bonchev–Trinajstić information content (AvgIpc) is 2.62. The molecule has 0 aliphatic heterocycles. The number of nitrogens with one attached hydrogen (secondary N) is 1. The van der Waals surface area contributed by atoms with E-state index in [2.05, 4.69) is 4.72 Å². The number of rotatable bonds is 8. The van der Waals surface area contributed by atoms with Gasteiger partial charge < -0.3 is 0 Å². The fraction of sp³-hybridized carbons (Fsp3) is 0.294. The normalized spacial score (nSPS) is 12.1. The van der Waals surface area contributed by atoms with Crippen LogP contribution >= 0.6 is 0 Å². The summed E-state index contributed by atoms with van der Waals surface area (Å²) in [5.74, 6) is 0. The molecule has 28 heavy (non-hydrogen) atoms. The molecule has 0 unspecified atom stereocenters. The van der Waals surface area contributed by atoms with Gasteiger partial charge in [0.15, 0.2) is 0 Å². The van der Waals surface area contributed by atoms with Crippen molar-refractivity contribution in [1.29, 1.82) is 0 Å². The van der Waals surface area contributed by atoms with Gasteiger partial charge in [-0.1, -0.05) is 31.5 Å². The van der Waals surface area contributed by atoms with Crippen molar-refractivity contribution in [1.82, 2.24) is 4.31 Å². The summed E-state index contributed by atoms with van der Waals surface area (Å²) in [5.41, 5.74) is -0.108. The highest BCUT2D eigenvalue weighted by Gasteiger charge is 2.27. The second kappa shape index (κ2) is 8.25. The predicted octanol–water partition coefficient (Wildman–Crippen LogP) is 2.73. The number of aryl methyl sites for hydroxylation is 1. The summed E-state index contributed by atoms with van der Waals surface area (Å²) in [7, 11) is -8.00. The van der Waals surface area contributed by atoms with Gasteiger partial charge in [0.2, 0.25) is 10.0 Å². The van der Waals surface area contributed by atoms with Crippen molar-refractivity contribution in [2.45, 2.75) is 30.6 Å². The molecule has 152 valence electrons. The van der Waals surface area contributed by atoms with Crippen LogP contribution in [0.15, 0.2) is 52.3 Å². The highest BCUT2D eigenvalue weighted by molar-refractivity contribution is 7.92. The Labute approximate surface area is 164 Å². The molecule has 0 bridgehead atoms. The van der Waals surface area contributed by atoms with E-state index in [1.165, 1.54) is 12.1 Å². The summed E-state index contributed by atoms with van der Waals surface area (Å²) >= 11 is 0. The van der Waals surface area contributed by atoms with E-state index in [-0.39, 0.29) is 28.6 Å². The van der Waals surface area contributed by atoms with Crippen LogP contribution in [0, 0.1) is 17.0 Å². The third-order valence-corrected chi connectivity index (χ3v) is 7.51. The van der Waals surface area contributed by atoms with Crippen molar-refractivity contribution in [3.05, 3.63) is 58.1 Å². The first kappa shape index (κ1) is 21.8. The first-order valence-electron chi connectivity index (χ1n) is 8.41. The predicted molar refractivity (Wildman–Crippen MR) is 105 cm³/mol. The summed E-state index contributed by atoms with van der Waals surface area (Å²) in [6.07, 6.45) is 0. The molecule has 0 spiro atoms. The minimum absolute atomic E-state index is 0.0627. The van der Waals surface area contributed by atoms with Crippen LogP contribution in [0.1, 0.15) is 19.4 Å². The molecule has 0 saturated carbocycles. The average molecular weight is 428 g/mol. The van der Waals surface area contributed by atoms with Gasteiger partial charge in [-0.3, -0.25) is 14.8 Å². The number of anilines is 1. The van der Waals surface area contributed by atoms with Gasteiger partial charge in [0.25, 0.3) is 15.7 Å². The van der Waals surface area contributed by atoms with E-state index >= 15 is 0 Å². The molecule has 0 fully saturated rings. The van der Waals surface area contributed by atoms with Crippen LogP contribution in [0.2, 0.25) is 0 Å². The van der Waals surface area contributed by atoms with Crippen LogP contribution in [0.4, 0.5) is 11.4 Å². The molecule has 2 aromatic rings. The standard InChI is InChI=1S/C17H21N3O6S2/c1-4-19(5-2)28(25,26)15-10-11-16(17(12-15)20(21)22)18-27(23,24)14-8-6-13(3)7-9-14/h6-12,18H,4-5H2,1-3H3. The number of sulfonamides is 2. The van der Waals surface area contributed by atoms with Gasteiger partial charge >= 0.3 is 0 Å². The summed E-state index contributed by atoms with van der Waals surface area (Å²) in [5, 5.41) is 11.4. The molecular formula is C17H21N3O6S2. The topological polar surface area (TPSA) is 127 Å². The summed E-state index contributed by atoms with van der Waals surface area (Å²) in [6.45, 7) is 5.51. The van der Waals surface area contributed by atoms with Gasteiger partial charge in [-0.15, -0.1) is 0 Å². The van der Waals surface area contributed by atoms with E-state index in [0.29, 0.717) is 0 Å². The number of nitro benzene ring substituents is 1. The molecule has 2 rings (SSSR count). The Bertz CT molecular complexity index is 1080. The molecule has 11 heteroatoms. The third kappa shape index (κ3) is 4.49. The van der Waals surface area contributed by atoms with Crippen molar-refractivity contribution in [3.63, 3.8) is 0 Å². The molecule has 0 aliphatic rings. The van der Waals surface area contributed by atoms with Crippen LogP contribution in [0.3, 0.4) is 0 Å². The first-order chi connectivity index (χ1) is 13.0. The summed E-state index contributed by atoms with van der Waals surface area (Å²) < 4.78 is 53.5. The van der Waals surface area contributed by atoms with Crippen LogP contribution in [-0.2, 0) is 20.0 Å². The van der Waals surface area contributed by atoms with E-state index in [4.69, 9.17) is 0 Å². The largest absolute Gasteiger partial charge is 0.294 e. The molecular weight excluding hydrogens is 406 g/mol. The molecule has 0 radical (unpaired) electrons. The quantitative estimate of drug-likeness (QED) is 0.510. The zero-order valence-corrected chi connectivity index (χ0v) is 17.2. The second-order valence-corrected chi connectivity index (χ2v) is 9.56. The number of hydrogen-bond acceptors (Lipinski definition) is 6. The van der Waals surface area contributed by atoms with E-state index in [1.807, 2.05) is 0 Å². The lowest BCUT2D eigenvalue weighted by atomic mass is 10.2. The fourth-order valence-electron chi connectivity index (χ4n) is 2.54. The molecule has 1 N–H and O–H groups in total. The van der Waals surface area contributed by atoms with Crippen molar-refractivity contribution < 1.29 is 21.8 Å². The highest BCUT2D eigenvalue weighted by Crippen LogP contribution is 2.30. The van der Waals surface area contributed by atoms with Crippen LogP contribution in [0.25, 0.3) is 0 Å². The SMILES string of the molecule is CCN(CC)S(=O)(=O)c1ccc(NS(=O)(=O)c2ccc(C)cc2)c([N+](=O)[O-])c1. The second-order valence-electron chi connectivity index (χ2n) is 5.94. The summed E-state index contributed by atoms with van der Waals surface area (Å²) in [6, 6.07) is 9.05. The van der Waals surface area contributed by atoms with Gasteiger partial charge in [-0.25, -0.2) is 16.8 Å². The van der Waals surface area contributed by atoms with E-state index in [1.54, 1.807) is 32.9 Å². The Morgan fingerprint density at radius 2 is 1.50 bits per heavy atom. The van der Waals surface area contributed by atoms with Gasteiger partial charge in [0.05, 0.1) is 14.7 Å². The van der Waals surface area contributed by atoms with Gasteiger partial charge in [-0.05, 0) is 31.2 Å². The number of benzene rings is 2. The van der Waals surface area contributed by atoms with Crippen LogP contribution in [-0.4, -0.2) is 39.2 Å². The Hall–Kier alpha value is -2.50. The maximum absolute atomic E-state index is 12.6. The third-order valence-electron chi connectivity index (χ3n) is 4.08. The number of hydrogen-bond donors (Lipinski definition) is 1. The molecule has 0 heterocycles. The molecule has 2 aromatic carbocycles. The molecule has 0 atom stereocenters. The Kier molecular flexibility index (Phi) is 6.42. The maximum Gasteiger partial charge on any atom is 0.294 e. The smallest absolute Gasteiger partial charge is 0.273 e. The Balaban J connectivity index is 2.49. The lowest BCUT2D eigenvalue weighted by Gasteiger charge is -2.18. The molecule has 0 aliphatic carbocycles. The lowest BCUT2D eigenvalue weighted by Crippen LogP contribution is -2.30. The van der Waals surface area contributed by atoms with Crippen molar-refractivity contribution >= 4 is 31.4 Å². The van der Waals surface area contributed by atoms with Crippen molar-refractivity contribution in [3.8, 4) is 0 Å². The van der Waals surface area contributed by atoms with E-state index < -0.39 is 30.7 Å². The Morgan fingerprint density at radius 3 is 2.00 bits per heavy atom. The fourth-order valence-corrected chi connectivity index (χ4v) is 5.10. The zero-order valence-electron chi connectivity index (χ0n) is 15.6. The van der Waals surface area contributed by atoms with Crippen LogP contribution in [0.5, 0.6) is 0 Å². The minimum Gasteiger partial charge on any atom is -0.273 e. The summed E-state index contributed by atoms with van der Waals surface area (Å²) in [4.78, 5) is 10.3. The molecule has 0 aromatic heterocycles. The molecule has 9 nitrogen and oxygen atoms in total. The first-order valence-corrected chi connectivity index (χ1v) is 11.3. The van der Waals surface area contributed by atoms with Gasteiger partial charge in [0, 0.05) is 19.2 Å². The van der Waals surface area contributed by atoms with Crippen molar-refractivity contribution in [2.75, 3.05) is 17.8 Å².